The van der Waals surface area contributed by atoms with Crippen molar-refractivity contribution < 1.29 is 13.9 Å². The van der Waals surface area contributed by atoms with Crippen LogP contribution < -0.4 is 0 Å². The molecule has 1 heterocycles. The Morgan fingerprint density at radius 1 is 1.50 bits per heavy atom. The fourth-order valence-electron chi connectivity index (χ4n) is 1.66. The lowest BCUT2D eigenvalue weighted by molar-refractivity contribution is -0.140. The van der Waals surface area contributed by atoms with E-state index in [0.717, 1.165) is 16.5 Å². The van der Waals surface area contributed by atoms with Gasteiger partial charge in [-0.15, -0.1) is 0 Å². The molecule has 1 aromatic heterocycles. The van der Waals surface area contributed by atoms with Crippen LogP contribution in [-0.2, 0) is 16.0 Å². The molecule has 0 bridgehead atoms. The fraction of sp³-hybridized carbons (Fsp3) is 0.250. The Bertz CT molecular complexity index is 519. The molecule has 0 aliphatic rings. The van der Waals surface area contributed by atoms with Crippen molar-refractivity contribution in [2.75, 3.05) is 6.61 Å². The minimum atomic E-state index is -0.300. The molecule has 2 aromatic rings. The molecule has 0 spiro atoms. The largest absolute Gasteiger partial charge is 0.466 e. The number of nitrogens with one attached hydrogen (secondary N) is 1. The number of hydrogen-bond donors (Lipinski definition) is 1. The molecule has 0 saturated heterocycles. The molecular formula is C12H12FNO2. The van der Waals surface area contributed by atoms with Gasteiger partial charge in [0.15, 0.2) is 0 Å². The molecule has 84 valence electrons. The molecule has 1 aromatic carbocycles. The number of esters is 1. The standard InChI is InChI=1S/C12H12FNO2/c1-8(15)16-5-4-9-7-14-12-3-2-10(13)6-11(9)12/h2-3,6-7,14H,4-5H2,1H3. The summed E-state index contributed by atoms with van der Waals surface area (Å²) >= 11 is 0. The second-order valence-corrected chi connectivity index (χ2v) is 3.59. The summed E-state index contributed by atoms with van der Waals surface area (Å²) in [6.07, 6.45) is 2.40. The Balaban J connectivity index is 2.17. The van der Waals surface area contributed by atoms with Crippen molar-refractivity contribution in [1.29, 1.82) is 0 Å². The zero-order valence-electron chi connectivity index (χ0n) is 8.92. The van der Waals surface area contributed by atoms with Gasteiger partial charge in [-0.25, -0.2) is 4.39 Å². The molecule has 0 aliphatic carbocycles. The maximum absolute atomic E-state index is 13.0. The van der Waals surface area contributed by atoms with Crippen molar-refractivity contribution in [3.8, 4) is 0 Å². The Morgan fingerprint density at radius 2 is 2.31 bits per heavy atom. The van der Waals surface area contributed by atoms with Gasteiger partial charge >= 0.3 is 5.97 Å². The summed E-state index contributed by atoms with van der Waals surface area (Å²) in [5.74, 6) is -0.563. The Labute approximate surface area is 92.2 Å². The Morgan fingerprint density at radius 3 is 3.06 bits per heavy atom. The van der Waals surface area contributed by atoms with Crippen LogP contribution in [0.1, 0.15) is 12.5 Å². The third kappa shape index (κ3) is 2.21. The van der Waals surface area contributed by atoms with Crippen LogP contribution in [-0.4, -0.2) is 17.6 Å². The van der Waals surface area contributed by atoms with E-state index in [2.05, 4.69) is 4.98 Å². The second kappa shape index (κ2) is 4.35. The minimum absolute atomic E-state index is 0.263. The first-order valence-corrected chi connectivity index (χ1v) is 5.05. The molecule has 0 unspecified atom stereocenters. The van der Waals surface area contributed by atoms with Crippen LogP contribution in [0, 0.1) is 5.82 Å². The van der Waals surface area contributed by atoms with Crippen molar-refractivity contribution in [2.24, 2.45) is 0 Å². The van der Waals surface area contributed by atoms with Gasteiger partial charge in [0, 0.05) is 30.4 Å². The average molecular weight is 221 g/mol. The lowest BCUT2D eigenvalue weighted by Gasteiger charge is -2.00. The van der Waals surface area contributed by atoms with Crippen LogP contribution in [0.5, 0.6) is 0 Å². The molecule has 3 nitrogen and oxygen atoms in total. The monoisotopic (exact) mass is 221 g/mol. The van der Waals surface area contributed by atoms with Crippen molar-refractivity contribution in [2.45, 2.75) is 13.3 Å². The number of benzene rings is 1. The molecule has 16 heavy (non-hydrogen) atoms. The van der Waals surface area contributed by atoms with Gasteiger partial charge in [-0.05, 0) is 23.8 Å². The predicted molar refractivity (Wildman–Crippen MR) is 58.6 cm³/mol. The molecule has 0 fully saturated rings. The number of ether oxygens (including phenoxy) is 1. The summed E-state index contributed by atoms with van der Waals surface area (Å²) in [6.45, 7) is 1.69. The zero-order chi connectivity index (χ0) is 11.5. The van der Waals surface area contributed by atoms with Gasteiger partial charge in [-0.1, -0.05) is 0 Å². The number of H-pyrrole nitrogens is 1. The van der Waals surface area contributed by atoms with Crippen molar-refractivity contribution >= 4 is 16.9 Å². The topological polar surface area (TPSA) is 42.1 Å². The van der Waals surface area contributed by atoms with Crippen molar-refractivity contribution in [3.05, 3.63) is 35.8 Å². The SMILES string of the molecule is CC(=O)OCCc1c[nH]c2ccc(F)cc12. The molecule has 2 rings (SSSR count). The predicted octanol–water partition coefficient (Wildman–Crippen LogP) is 2.41. The first-order chi connectivity index (χ1) is 7.66. The highest BCUT2D eigenvalue weighted by molar-refractivity contribution is 5.83. The van der Waals surface area contributed by atoms with E-state index in [1.807, 2.05) is 6.20 Å². The van der Waals surface area contributed by atoms with E-state index in [1.54, 1.807) is 6.07 Å². The van der Waals surface area contributed by atoms with E-state index in [4.69, 9.17) is 4.74 Å². The maximum Gasteiger partial charge on any atom is 0.302 e. The number of hydrogen-bond acceptors (Lipinski definition) is 2. The summed E-state index contributed by atoms with van der Waals surface area (Å²) in [7, 11) is 0. The number of halogens is 1. The van der Waals surface area contributed by atoms with Crippen LogP contribution in [0.2, 0.25) is 0 Å². The third-order valence-electron chi connectivity index (χ3n) is 2.41. The Kier molecular flexibility index (Phi) is 2.90. The smallest absolute Gasteiger partial charge is 0.302 e. The summed E-state index contributed by atoms with van der Waals surface area (Å²) < 4.78 is 17.9. The first kappa shape index (κ1) is 10.7. The molecule has 0 saturated carbocycles. The van der Waals surface area contributed by atoms with Gasteiger partial charge in [0.05, 0.1) is 6.61 Å². The molecule has 0 aliphatic heterocycles. The van der Waals surface area contributed by atoms with E-state index in [-0.39, 0.29) is 11.8 Å². The molecule has 0 amide bonds. The van der Waals surface area contributed by atoms with E-state index in [9.17, 15) is 9.18 Å². The highest BCUT2D eigenvalue weighted by atomic mass is 19.1. The quantitative estimate of drug-likeness (QED) is 0.809. The van der Waals surface area contributed by atoms with Gasteiger partial charge in [0.1, 0.15) is 5.82 Å². The van der Waals surface area contributed by atoms with Gasteiger partial charge in [0.2, 0.25) is 0 Å². The van der Waals surface area contributed by atoms with Crippen LogP contribution >= 0.6 is 0 Å². The maximum atomic E-state index is 13.0. The van der Waals surface area contributed by atoms with Gasteiger partial charge in [-0.2, -0.15) is 0 Å². The van der Waals surface area contributed by atoms with Crippen molar-refractivity contribution in [3.63, 3.8) is 0 Å². The number of rotatable bonds is 3. The van der Waals surface area contributed by atoms with E-state index < -0.39 is 0 Å². The zero-order valence-corrected chi connectivity index (χ0v) is 8.92. The minimum Gasteiger partial charge on any atom is -0.466 e. The van der Waals surface area contributed by atoms with Crippen molar-refractivity contribution in [1.82, 2.24) is 4.98 Å². The van der Waals surface area contributed by atoms with E-state index in [1.165, 1.54) is 19.1 Å². The summed E-state index contributed by atoms with van der Waals surface area (Å²) in [5.41, 5.74) is 1.84. The molecule has 0 atom stereocenters. The first-order valence-electron chi connectivity index (χ1n) is 5.05. The normalized spacial score (nSPS) is 10.6. The second-order valence-electron chi connectivity index (χ2n) is 3.59. The molecule has 0 radical (unpaired) electrons. The number of fused-ring (bicyclic) bond motifs is 1. The van der Waals surface area contributed by atoms with Crippen LogP contribution in [0.3, 0.4) is 0 Å². The van der Waals surface area contributed by atoms with Crippen LogP contribution in [0.25, 0.3) is 10.9 Å². The highest BCUT2D eigenvalue weighted by Crippen LogP contribution is 2.19. The van der Waals surface area contributed by atoms with Gasteiger partial charge in [0.25, 0.3) is 0 Å². The highest BCUT2D eigenvalue weighted by Gasteiger charge is 2.05. The molecule has 1 N–H and O–H groups in total. The summed E-state index contributed by atoms with van der Waals surface area (Å²) in [4.78, 5) is 13.6. The van der Waals surface area contributed by atoms with E-state index >= 15 is 0 Å². The lowest BCUT2D eigenvalue weighted by atomic mass is 10.1. The van der Waals surface area contributed by atoms with Crippen LogP contribution in [0.15, 0.2) is 24.4 Å². The number of carbonyl (C=O) groups excluding carboxylic acids is 1. The number of aromatic amines is 1. The molecule has 4 heteroatoms. The Hall–Kier alpha value is -1.84. The average Bonchev–Trinajstić information content (AvgIpc) is 2.60. The summed E-state index contributed by atoms with van der Waals surface area (Å²) in [5, 5.41) is 0.840. The lowest BCUT2D eigenvalue weighted by Crippen LogP contribution is -2.02. The third-order valence-corrected chi connectivity index (χ3v) is 2.41. The summed E-state index contributed by atoms with van der Waals surface area (Å²) in [6, 6.07) is 4.59. The number of aromatic nitrogens is 1. The van der Waals surface area contributed by atoms with Gasteiger partial charge in [-0.3, -0.25) is 4.79 Å². The van der Waals surface area contributed by atoms with Crippen LogP contribution in [0.4, 0.5) is 4.39 Å². The van der Waals surface area contributed by atoms with E-state index in [0.29, 0.717) is 13.0 Å². The van der Waals surface area contributed by atoms with Gasteiger partial charge < -0.3 is 9.72 Å². The molecular weight excluding hydrogens is 209 g/mol. The fourth-order valence-corrected chi connectivity index (χ4v) is 1.66. The number of carbonyl (C=O) groups is 1.